The Morgan fingerprint density at radius 1 is 1.37 bits per heavy atom. The Kier molecular flexibility index (Phi) is 4.02. The first-order valence-corrected chi connectivity index (χ1v) is 6.83. The fraction of sp³-hybridized carbons (Fsp3) is 0.643. The number of carbonyl (C=O) groups is 1. The molecule has 1 aromatic rings. The second-order valence-corrected chi connectivity index (χ2v) is 5.80. The summed E-state index contributed by atoms with van der Waals surface area (Å²) in [5, 5.41) is 6.00. The standard InChI is InChI=1S/C14H22N4O/c1-14(2)7-5-4-6-11(14)18-13(19)10-8-16-9-12(15-3)17-10/h8-9,11H,4-7H2,1-3H3,(H,15,17)(H,18,19). The lowest BCUT2D eigenvalue weighted by Crippen LogP contribution is -2.47. The van der Waals surface area contributed by atoms with Crippen LogP contribution in [0.1, 0.15) is 50.0 Å². The average molecular weight is 262 g/mol. The lowest BCUT2D eigenvalue weighted by Gasteiger charge is -2.38. The highest BCUT2D eigenvalue weighted by molar-refractivity contribution is 5.92. The van der Waals surface area contributed by atoms with E-state index >= 15 is 0 Å². The van der Waals surface area contributed by atoms with Crippen LogP contribution in [0.25, 0.3) is 0 Å². The number of nitrogens with zero attached hydrogens (tertiary/aromatic N) is 2. The smallest absolute Gasteiger partial charge is 0.271 e. The first kappa shape index (κ1) is 13.8. The van der Waals surface area contributed by atoms with Gasteiger partial charge < -0.3 is 10.6 Å². The van der Waals surface area contributed by atoms with Gasteiger partial charge in [0.15, 0.2) is 0 Å². The van der Waals surface area contributed by atoms with Crippen LogP contribution in [0.15, 0.2) is 12.4 Å². The average Bonchev–Trinajstić information content (AvgIpc) is 2.41. The molecule has 1 atom stereocenters. The van der Waals surface area contributed by atoms with Gasteiger partial charge in [-0.05, 0) is 18.3 Å². The minimum absolute atomic E-state index is 0.135. The van der Waals surface area contributed by atoms with Gasteiger partial charge >= 0.3 is 0 Å². The van der Waals surface area contributed by atoms with Crippen molar-refractivity contribution in [1.29, 1.82) is 0 Å². The molecule has 5 nitrogen and oxygen atoms in total. The maximum Gasteiger partial charge on any atom is 0.271 e. The number of hydrogen-bond acceptors (Lipinski definition) is 4. The summed E-state index contributed by atoms with van der Waals surface area (Å²) in [7, 11) is 1.76. The predicted molar refractivity (Wildman–Crippen MR) is 75.1 cm³/mol. The summed E-state index contributed by atoms with van der Waals surface area (Å²) in [6, 6.07) is 0.216. The van der Waals surface area contributed by atoms with Gasteiger partial charge in [0.05, 0.1) is 12.4 Å². The van der Waals surface area contributed by atoms with Crippen molar-refractivity contribution in [2.24, 2.45) is 5.41 Å². The molecule has 104 valence electrons. The quantitative estimate of drug-likeness (QED) is 0.876. The fourth-order valence-electron chi connectivity index (χ4n) is 2.59. The van der Waals surface area contributed by atoms with E-state index < -0.39 is 0 Å². The number of rotatable bonds is 3. The molecule has 5 heteroatoms. The van der Waals surface area contributed by atoms with E-state index in [9.17, 15) is 4.79 Å². The summed E-state index contributed by atoms with van der Waals surface area (Å²) >= 11 is 0. The Bertz CT molecular complexity index is 459. The molecule has 1 heterocycles. The Hall–Kier alpha value is -1.65. The minimum Gasteiger partial charge on any atom is -0.372 e. The molecule has 2 N–H and O–H groups in total. The van der Waals surface area contributed by atoms with E-state index in [2.05, 4.69) is 34.4 Å². The molecule has 1 aliphatic rings. The fourth-order valence-corrected chi connectivity index (χ4v) is 2.59. The molecule has 1 aromatic heterocycles. The van der Waals surface area contributed by atoms with Crippen molar-refractivity contribution >= 4 is 11.7 Å². The van der Waals surface area contributed by atoms with Crippen LogP contribution in [0.3, 0.4) is 0 Å². The molecule has 0 saturated heterocycles. The minimum atomic E-state index is -0.135. The van der Waals surface area contributed by atoms with Gasteiger partial charge in [0.25, 0.3) is 5.91 Å². The number of aromatic nitrogens is 2. The summed E-state index contributed by atoms with van der Waals surface area (Å²) in [4.78, 5) is 20.5. The molecule has 2 rings (SSSR count). The van der Waals surface area contributed by atoms with Gasteiger partial charge in [-0.15, -0.1) is 0 Å². The van der Waals surface area contributed by atoms with Crippen molar-refractivity contribution in [3.8, 4) is 0 Å². The van der Waals surface area contributed by atoms with Gasteiger partial charge in [-0.3, -0.25) is 9.78 Å². The monoisotopic (exact) mass is 262 g/mol. The molecule has 0 bridgehead atoms. The van der Waals surface area contributed by atoms with Crippen molar-refractivity contribution in [3.05, 3.63) is 18.1 Å². The van der Waals surface area contributed by atoms with Gasteiger partial charge in [-0.25, -0.2) is 4.98 Å². The van der Waals surface area contributed by atoms with Crippen LogP contribution in [-0.2, 0) is 0 Å². The van der Waals surface area contributed by atoms with E-state index in [4.69, 9.17) is 0 Å². The topological polar surface area (TPSA) is 66.9 Å². The second kappa shape index (κ2) is 5.55. The summed E-state index contributed by atoms with van der Waals surface area (Å²) in [6.45, 7) is 4.43. The van der Waals surface area contributed by atoms with Gasteiger partial charge in [0, 0.05) is 13.1 Å². The number of nitrogens with one attached hydrogen (secondary N) is 2. The van der Waals surface area contributed by atoms with Crippen LogP contribution in [0.4, 0.5) is 5.82 Å². The van der Waals surface area contributed by atoms with Crippen molar-refractivity contribution < 1.29 is 4.79 Å². The van der Waals surface area contributed by atoms with Gasteiger partial charge in [0.1, 0.15) is 11.5 Å². The molecular formula is C14H22N4O. The predicted octanol–water partition coefficient (Wildman–Crippen LogP) is 2.22. The van der Waals surface area contributed by atoms with Gasteiger partial charge in [-0.1, -0.05) is 26.7 Å². The van der Waals surface area contributed by atoms with Crippen molar-refractivity contribution in [2.45, 2.75) is 45.6 Å². The zero-order valence-electron chi connectivity index (χ0n) is 11.9. The molecule has 0 aliphatic heterocycles. The Morgan fingerprint density at radius 3 is 2.84 bits per heavy atom. The molecule has 0 aromatic carbocycles. The molecule has 1 aliphatic carbocycles. The third-order valence-corrected chi connectivity index (χ3v) is 3.94. The molecule has 1 amide bonds. The molecule has 1 fully saturated rings. The van der Waals surface area contributed by atoms with E-state index in [1.165, 1.54) is 19.0 Å². The van der Waals surface area contributed by atoms with E-state index in [0.717, 1.165) is 12.8 Å². The summed E-state index contributed by atoms with van der Waals surface area (Å²) < 4.78 is 0. The maximum atomic E-state index is 12.2. The largest absolute Gasteiger partial charge is 0.372 e. The third-order valence-electron chi connectivity index (χ3n) is 3.94. The highest BCUT2D eigenvalue weighted by Crippen LogP contribution is 2.35. The van der Waals surface area contributed by atoms with Crippen molar-refractivity contribution in [2.75, 3.05) is 12.4 Å². The van der Waals surface area contributed by atoms with Crippen LogP contribution < -0.4 is 10.6 Å². The van der Waals surface area contributed by atoms with E-state index in [-0.39, 0.29) is 17.4 Å². The van der Waals surface area contributed by atoms with Crippen molar-refractivity contribution in [3.63, 3.8) is 0 Å². The summed E-state index contributed by atoms with van der Waals surface area (Å²) in [5.74, 6) is 0.472. The zero-order chi connectivity index (χ0) is 13.9. The normalized spacial score (nSPS) is 21.7. The van der Waals surface area contributed by atoms with E-state index in [0.29, 0.717) is 11.5 Å². The lowest BCUT2D eigenvalue weighted by atomic mass is 9.73. The Morgan fingerprint density at radius 2 is 2.16 bits per heavy atom. The van der Waals surface area contributed by atoms with E-state index in [1.54, 1.807) is 13.2 Å². The Balaban J connectivity index is 2.07. The number of hydrogen-bond donors (Lipinski definition) is 2. The number of anilines is 1. The molecule has 1 saturated carbocycles. The van der Waals surface area contributed by atoms with Gasteiger partial charge in [-0.2, -0.15) is 0 Å². The molecular weight excluding hydrogens is 240 g/mol. The lowest BCUT2D eigenvalue weighted by molar-refractivity contribution is 0.0848. The van der Waals surface area contributed by atoms with Crippen LogP contribution >= 0.6 is 0 Å². The highest BCUT2D eigenvalue weighted by Gasteiger charge is 2.33. The van der Waals surface area contributed by atoms with Crippen LogP contribution in [0.2, 0.25) is 0 Å². The van der Waals surface area contributed by atoms with Crippen LogP contribution in [-0.4, -0.2) is 29.0 Å². The second-order valence-electron chi connectivity index (χ2n) is 5.80. The van der Waals surface area contributed by atoms with Crippen molar-refractivity contribution in [1.82, 2.24) is 15.3 Å². The number of amides is 1. The number of carbonyl (C=O) groups excluding carboxylic acids is 1. The highest BCUT2D eigenvalue weighted by atomic mass is 16.2. The Labute approximate surface area is 114 Å². The molecule has 19 heavy (non-hydrogen) atoms. The maximum absolute atomic E-state index is 12.2. The zero-order valence-corrected chi connectivity index (χ0v) is 11.9. The first-order valence-electron chi connectivity index (χ1n) is 6.83. The third kappa shape index (κ3) is 3.22. The molecule has 0 radical (unpaired) electrons. The summed E-state index contributed by atoms with van der Waals surface area (Å²) in [6.07, 6.45) is 7.72. The first-order chi connectivity index (χ1) is 9.03. The van der Waals surface area contributed by atoms with Gasteiger partial charge in [0.2, 0.25) is 0 Å². The van der Waals surface area contributed by atoms with Crippen LogP contribution in [0.5, 0.6) is 0 Å². The van der Waals surface area contributed by atoms with Crippen LogP contribution in [0, 0.1) is 5.41 Å². The SMILES string of the molecule is CNc1cncc(C(=O)NC2CCCCC2(C)C)n1. The summed E-state index contributed by atoms with van der Waals surface area (Å²) in [5.41, 5.74) is 0.523. The van der Waals surface area contributed by atoms with E-state index in [1.807, 2.05) is 0 Å². The molecule has 1 unspecified atom stereocenters. The molecule has 0 spiro atoms.